The summed E-state index contributed by atoms with van der Waals surface area (Å²) >= 11 is 0. The highest BCUT2D eigenvalue weighted by Gasteiger charge is 2.36. The minimum absolute atomic E-state index is 0.0492. The number of rotatable bonds is 5. The molecular formula is C21H21F6N3O2S. The van der Waals surface area contributed by atoms with Crippen molar-refractivity contribution in [2.75, 3.05) is 33.2 Å². The van der Waals surface area contributed by atoms with Gasteiger partial charge in [-0.25, -0.2) is 8.42 Å². The summed E-state index contributed by atoms with van der Waals surface area (Å²) < 4.78 is 105. The van der Waals surface area contributed by atoms with E-state index < -0.39 is 33.5 Å². The summed E-state index contributed by atoms with van der Waals surface area (Å²) in [5, 5.41) is 0. The van der Waals surface area contributed by atoms with Gasteiger partial charge in [-0.2, -0.15) is 30.6 Å². The van der Waals surface area contributed by atoms with Crippen LogP contribution in [-0.2, 0) is 28.9 Å². The summed E-state index contributed by atoms with van der Waals surface area (Å²) in [7, 11) is -1.74. The highest BCUT2D eigenvalue weighted by Crippen LogP contribution is 2.36. The molecule has 0 amide bonds. The minimum atomic E-state index is -4.94. The number of aliphatic imine (C=N–C) groups is 1. The van der Waals surface area contributed by atoms with E-state index in [1.165, 1.54) is 28.6 Å². The van der Waals surface area contributed by atoms with Crippen LogP contribution < -0.4 is 0 Å². The van der Waals surface area contributed by atoms with Crippen LogP contribution in [-0.4, -0.2) is 57.1 Å². The van der Waals surface area contributed by atoms with E-state index in [9.17, 15) is 34.8 Å². The summed E-state index contributed by atoms with van der Waals surface area (Å²) in [4.78, 5) is 6.05. The molecule has 0 atom stereocenters. The number of sulfonamides is 1. The van der Waals surface area contributed by atoms with E-state index in [2.05, 4.69) is 4.99 Å². The van der Waals surface area contributed by atoms with Crippen molar-refractivity contribution in [2.24, 2.45) is 4.99 Å². The summed E-state index contributed by atoms with van der Waals surface area (Å²) in [6.07, 6.45) is -8.94. The Morgan fingerprint density at radius 2 is 1.39 bits per heavy atom. The van der Waals surface area contributed by atoms with Crippen molar-refractivity contribution in [1.82, 2.24) is 9.21 Å². The molecule has 5 nitrogen and oxygen atoms in total. The van der Waals surface area contributed by atoms with Crippen LogP contribution in [0.5, 0.6) is 0 Å². The van der Waals surface area contributed by atoms with Crippen molar-refractivity contribution < 1.29 is 34.8 Å². The number of hydrogen-bond acceptors (Lipinski definition) is 4. The van der Waals surface area contributed by atoms with Crippen molar-refractivity contribution in [1.29, 1.82) is 0 Å². The molecule has 0 radical (unpaired) electrons. The lowest BCUT2D eigenvalue weighted by Crippen LogP contribution is -2.46. The Kier molecular flexibility index (Phi) is 7.20. The summed E-state index contributed by atoms with van der Waals surface area (Å²) in [6.45, 7) is 1.95. The molecule has 1 aliphatic rings. The quantitative estimate of drug-likeness (QED) is 0.462. The Balaban J connectivity index is 1.73. The second kappa shape index (κ2) is 9.43. The Labute approximate surface area is 187 Å². The maximum absolute atomic E-state index is 12.9. The van der Waals surface area contributed by atoms with Crippen LogP contribution in [0.1, 0.15) is 22.3 Å². The minimum Gasteiger partial charge on any atom is -0.304 e. The van der Waals surface area contributed by atoms with Crippen LogP contribution in [0, 0.1) is 0 Å². The molecule has 1 aliphatic heterocycles. The van der Waals surface area contributed by atoms with Gasteiger partial charge < -0.3 is 4.90 Å². The highest BCUT2D eigenvalue weighted by molar-refractivity contribution is 7.89. The molecule has 12 heteroatoms. The van der Waals surface area contributed by atoms with Crippen LogP contribution in [0.4, 0.5) is 26.3 Å². The Hall–Kier alpha value is -2.44. The molecule has 33 heavy (non-hydrogen) atoms. The number of hydrogen-bond donors (Lipinski definition) is 0. The van der Waals surface area contributed by atoms with Gasteiger partial charge >= 0.3 is 12.4 Å². The largest absolute Gasteiger partial charge is 0.416 e. The van der Waals surface area contributed by atoms with Gasteiger partial charge in [0.05, 0.1) is 22.6 Å². The van der Waals surface area contributed by atoms with E-state index in [1.807, 2.05) is 11.9 Å². The Morgan fingerprint density at radius 1 is 0.879 bits per heavy atom. The summed E-state index contributed by atoms with van der Waals surface area (Å²) in [6, 6.07) is 7.06. The third kappa shape index (κ3) is 6.33. The van der Waals surface area contributed by atoms with Gasteiger partial charge in [-0.15, -0.1) is 0 Å². The molecule has 0 unspecified atom stereocenters. The molecule has 1 saturated heterocycles. The lowest BCUT2D eigenvalue weighted by molar-refractivity contribution is -0.143. The molecular weight excluding hydrogens is 472 g/mol. The van der Waals surface area contributed by atoms with Gasteiger partial charge in [0.25, 0.3) is 0 Å². The number of alkyl halides is 6. The van der Waals surface area contributed by atoms with Crippen LogP contribution in [0.3, 0.4) is 0 Å². The SMILES string of the molecule is CN1CCN(S(=O)(=O)c2ccc(C/N=C/c3cc(C(F)(F)F)cc(C(F)(F)F)c3)cc2)CC1. The van der Waals surface area contributed by atoms with Crippen molar-refractivity contribution >= 4 is 16.2 Å². The number of halogens is 6. The van der Waals surface area contributed by atoms with E-state index in [4.69, 9.17) is 0 Å². The van der Waals surface area contributed by atoms with Gasteiger partial charge in [-0.05, 0) is 48.5 Å². The normalized spacial score (nSPS) is 17.1. The lowest BCUT2D eigenvalue weighted by Gasteiger charge is -2.31. The zero-order valence-electron chi connectivity index (χ0n) is 17.5. The maximum atomic E-state index is 12.9. The summed E-state index contributed by atoms with van der Waals surface area (Å²) in [5.74, 6) is 0. The van der Waals surface area contributed by atoms with Gasteiger partial charge in [0.2, 0.25) is 10.0 Å². The maximum Gasteiger partial charge on any atom is 0.416 e. The van der Waals surface area contributed by atoms with E-state index in [1.54, 1.807) is 0 Å². The monoisotopic (exact) mass is 493 g/mol. The molecule has 0 aliphatic carbocycles. The average molecular weight is 493 g/mol. The number of piperazine rings is 1. The second-order valence-corrected chi connectivity index (χ2v) is 9.60. The molecule has 1 heterocycles. The first-order valence-corrected chi connectivity index (χ1v) is 11.3. The molecule has 2 aromatic carbocycles. The molecule has 0 bridgehead atoms. The van der Waals surface area contributed by atoms with E-state index >= 15 is 0 Å². The third-order valence-electron chi connectivity index (χ3n) is 5.15. The van der Waals surface area contributed by atoms with Crippen molar-refractivity contribution in [2.45, 2.75) is 23.8 Å². The van der Waals surface area contributed by atoms with Crippen LogP contribution in [0.25, 0.3) is 0 Å². The van der Waals surface area contributed by atoms with Gasteiger partial charge in [0.1, 0.15) is 0 Å². The smallest absolute Gasteiger partial charge is 0.304 e. The number of benzene rings is 2. The van der Waals surface area contributed by atoms with Crippen LogP contribution in [0.15, 0.2) is 52.4 Å². The van der Waals surface area contributed by atoms with Gasteiger partial charge in [-0.1, -0.05) is 12.1 Å². The molecule has 0 N–H and O–H groups in total. The van der Waals surface area contributed by atoms with Crippen LogP contribution >= 0.6 is 0 Å². The standard InChI is InChI=1S/C21H21F6N3O2S/c1-29-6-8-30(9-7-29)33(31,32)19-4-2-15(3-5-19)13-28-14-16-10-17(20(22,23)24)12-18(11-16)21(25,26)27/h2-5,10-12,14H,6-9,13H2,1H3/b28-14+. The Bertz CT molecular complexity index is 1070. The zero-order valence-corrected chi connectivity index (χ0v) is 18.3. The van der Waals surface area contributed by atoms with Crippen molar-refractivity contribution in [3.05, 3.63) is 64.7 Å². The molecule has 2 aromatic rings. The van der Waals surface area contributed by atoms with Gasteiger partial charge in [0.15, 0.2) is 0 Å². The average Bonchev–Trinajstić information content (AvgIpc) is 2.73. The zero-order chi connectivity index (χ0) is 24.4. The molecule has 0 spiro atoms. The van der Waals surface area contributed by atoms with E-state index in [0.717, 1.165) is 6.21 Å². The topological polar surface area (TPSA) is 53.0 Å². The van der Waals surface area contributed by atoms with Crippen molar-refractivity contribution in [3.63, 3.8) is 0 Å². The molecule has 3 rings (SSSR count). The van der Waals surface area contributed by atoms with Crippen molar-refractivity contribution in [3.8, 4) is 0 Å². The third-order valence-corrected chi connectivity index (χ3v) is 7.06. The first-order valence-electron chi connectivity index (χ1n) is 9.84. The van der Waals surface area contributed by atoms with E-state index in [0.29, 0.717) is 43.9 Å². The number of nitrogens with zero attached hydrogens (tertiary/aromatic N) is 3. The fourth-order valence-electron chi connectivity index (χ4n) is 3.25. The molecule has 0 saturated carbocycles. The number of likely N-dealkylation sites (N-methyl/N-ethyl adjacent to an activating group) is 1. The first-order chi connectivity index (χ1) is 15.3. The molecule has 0 aromatic heterocycles. The predicted molar refractivity (Wildman–Crippen MR) is 110 cm³/mol. The van der Waals surface area contributed by atoms with E-state index in [-0.39, 0.29) is 23.1 Å². The highest BCUT2D eigenvalue weighted by atomic mass is 32.2. The first kappa shape index (κ1) is 25.2. The fourth-order valence-corrected chi connectivity index (χ4v) is 4.68. The lowest BCUT2D eigenvalue weighted by atomic mass is 10.1. The predicted octanol–water partition coefficient (Wildman–Crippen LogP) is 4.28. The van der Waals surface area contributed by atoms with Crippen LogP contribution in [0.2, 0.25) is 0 Å². The Morgan fingerprint density at radius 3 is 1.88 bits per heavy atom. The van der Waals surface area contributed by atoms with Gasteiger partial charge in [0, 0.05) is 32.4 Å². The fraction of sp³-hybridized carbons (Fsp3) is 0.381. The second-order valence-electron chi connectivity index (χ2n) is 7.66. The molecule has 1 fully saturated rings. The summed E-state index contributed by atoms with van der Waals surface area (Å²) in [5.41, 5.74) is -2.63. The van der Waals surface area contributed by atoms with Gasteiger partial charge in [-0.3, -0.25) is 4.99 Å². The molecule has 180 valence electrons.